The number of benzene rings is 2. The van der Waals surface area contributed by atoms with Crippen LogP contribution in [0, 0.1) is 10.1 Å². The lowest BCUT2D eigenvalue weighted by molar-refractivity contribution is -0.385. The number of hydrogen-bond donors (Lipinski definition) is 0. The van der Waals surface area contributed by atoms with E-state index in [1.54, 1.807) is 12.1 Å². The van der Waals surface area contributed by atoms with Crippen LogP contribution in [0.15, 0.2) is 35.7 Å². The van der Waals surface area contributed by atoms with E-state index in [1.165, 1.54) is 52.7 Å². The zero-order chi connectivity index (χ0) is 21.6. The van der Waals surface area contributed by atoms with E-state index in [-0.39, 0.29) is 17.0 Å². The molecule has 0 radical (unpaired) electrons. The quantitative estimate of drug-likeness (QED) is 0.446. The summed E-state index contributed by atoms with van der Waals surface area (Å²) in [5, 5.41) is 12.1. The molecular formula is C19H21NO8S. The van der Waals surface area contributed by atoms with E-state index in [2.05, 4.69) is 0 Å². The summed E-state index contributed by atoms with van der Waals surface area (Å²) >= 11 is 0. The molecule has 2 aromatic carbocycles. The third kappa shape index (κ3) is 5.38. The smallest absolute Gasteiger partial charge is 0.311 e. The molecule has 0 aliphatic heterocycles. The highest BCUT2D eigenvalue weighted by atomic mass is 32.2. The van der Waals surface area contributed by atoms with Gasteiger partial charge in [-0.2, -0.15) is 0 Å². The summed E-state index contributed by atoms with van der Waals surface area (Å²) < 4.78 is 45.7. The van der Waals surface area contributed by atoms with Gasteiger partial charge in [0.1, 0.15) is 17.2 Å². The number of sulfone groups is 1. The largest absolute Gasteiger partial charge is 0.496 e. The molecule has 0 aliphatic carbocycles. The summed E-state index contributed by atoms with van der Waals surface area (Å²) in [4.78, 5) is 10.5. The van der Waals surface area contributed by atoms with Crippen LogP contribution in [0.2, 0.25) is 0 Å². The Balaban J connectivity index is 2.36. The van der Waals surface area contributed by atoms with Crippen LogP contribution >= 0.6 is 0 Å². The molecule has 0 heterocycles. The van der Waals surface area contributed by atoms with Crippen LogP contribution < -0.4 is 18.9 Å². The first-order chi connectivity index (χ1) is 13.7. The first-order valence-electron chi connectivity index (χ1n) is 8.26. The van der Waals surface area contributed by atoms with Crippen LogP contribution in [-0.2, 0) is 15.6 Å². The monoisotopic (exact) mass is 423 g/mol. The Morgan fingerprint density at radius 2 is 1.52 bits per heavy atom. The molecule has 9 nitrogen and oxygen atoms in total. The van der Waals surface area contributed by atoms with E-state index in [0.717, 1.165) is 5.41 Å². The molecule has 0 N–H and O–H groups in total. The SMILES string of the molecule is COc1cc(OC)c(/C=C/S(=O)(=O)Cc2ccc(OC)c([N+](=O)[O-])c2)c(OC)c1. The van der Waals surface area contributed by atoms with Gasteiger partial charge in [0, 0.05) is 23.6 Å². The normalized spacial score (nSPS) is 11.3. The first-order valence-corrected chi connectivity index (χ1v) is 9.98. The maximum atomic E-state index is 12.5. The Bertz CT molecular complexity index is 1010. The standard InChI is InChI=1S/C19H21NO8S/c1-25-14-10-18(27-3)15(19(11-14)28-4)7-8-29(23,24)12-13-5-6-17(26-2)16(9-13)20(21)22/h5-11H,12H2,1-4H3/b8-7+. The number of nitro benzene ring substituents is 1. The van der Waals surface area contributed by atoms with E-state index < -0.39 is 20.5 Å². The molecule has 0 saturated carbocycles. The summed E-state index contributed by atoms with van der Waals surface area (Å²) in [5.41, 5.74) is 0.374. The van der Waals surface area contributed by atoms with Crippen LogP contribution in [0.5, 0.6) is 23.0 Å². The van der Waals surface area contributed by atoms with Crippen molar-refractivity contribution in [2.45, 2.75) is 5.75 Å². The highest BCUT2D eigenvalue weighted by molar-refractivity contribution is 7.93. The molecule has 29 heavy (non-hydrogen) atoms. The lowest BCUT2D eigenvalue weighted by Gasteiger charge is -2.12. The molecule has 0 aliphatic rings. The average molecular weight is 423 g/mol. The van der Waals surface area contributed by atoms with Gasteiger partial charge in [0.25, 0.3) is 0 Å². The predicted molar refractivity (Wildman–Crippen MR) is 107 cm³/mol. The van der Waals surface area contributed by atoms with Crippen molar-refractivity contribution in [2.24, 2.45) is 0 Å². The summed E-state index contributed by atoms with van der Waals surface area (Å²) in [6.45, 7) is 0. The first kappa shape index (κ1) is 22.0. The van der Waals surface area contributed by atoms with Gasteiger partial charge in [0.15, 0.2) is 15.6 Å². The minimum absolute atomic E-state index is 0.0550. The fourth-order valence-electron chi connectivity index (χ4n) is 2.62. The van der Waals surface area contributed by atoms with Gasteiger partial charge in [-0.25, -0.2) is 8.42 Å². The zero-order valence-corrected chi connectivity index (χ0v) is 17.2. The van der Waals surface area contributed by atoms with Crippen molar-refractivity contribution in [3.63, 3.8) is 0 Å². The molecule has 2 rings (SSSR count). The molecule has 0 atom stereocenters. The third-order valence-electron chi connectivity index (χ3n) is 4.00. The maximum Gasteiger partial charge on any atom is 0.311 e. The Kier molecular flexibility index (Phi) is 7.05. The zero-order valence-electron chi connectivity index (χ0n) is 16.4. The molecule has 0 fully saturated rings. The second-order valence-corrected chi connectivity index (χ2v) is 7.71. The summed E-state index contributed by atoms with van der Waals surface area (Å²) in [6.07, 6.45) is 1.35. The van der Waals surface area contributed by atoms with Crippen molar-refractivity contribution in [3.05, 3.63) is 57.0 Å². The van der Waals surface area contributed by atoms with E-state index in [9.17, 15) is 18.5 Å². The van der Waals surface area contributed by atoms with Crippen molar-refractivity contribution in [3.8, 4) is 23.0 Å². The van der Waals surface area contributed by atoms with Gasteiger partial charge < -0.3 is 18.9 Å². The van der Waals surface area contributed by atoms with Crippen LogP contribution in [0.4, 0.5) is 5.69 Å². The lowest BCUT2D eigenvalue weighted by atomic mass is 10.1. The highest BCUT2D eigenvalue weighted by Crippen LogP contribution is 2.35. The summed E-state index contributed by atoms with van der Waals surface area (Å²) in [5.74, 6) is 0.860. The second-order valence-electron chi connectivity index (χ2n) is 5.82. The average Bonchev–Trinajstić information content (AvgIpc) is 2.71. The van der Waals surface area contributed by atoms with Crippen molar-refractivity contribution in [1.29, 1.82) is 0 Å². The number of hydrogen-bond acceptors (Lipinski definition) is 8. The summed E-state index contributed by atoms with van der Waals surface area (Å²) in [6, 6.07) is 7.20. The number of rotatable bonds is 9. The van der Waals surface area contributed by atoms with Crippen LogP contribution in [0.1, 0.15) is 11.1 Å². The van der Waals surface area contributed by atoms with Gasteiger partial charge in [-0.1, -0.05) is 6.07 Å². The number of ether oxygens (including phenoxy) is 4. The van der Waals surface area contributed by atoms with E-state index in [1.807, 2.05) is 0 Å². The Labute approximate surface area is 168 Å². The van der Waals surface area contributed by atoms with Crippen LogP contribution in [0.3, 0.4) is 0 Å². The molecule has 0 unspecified atom stereocenters. The minimum Gasteiger partial charge on any atom is -0.496 e. The van der Waals surface area contributed by atoms with Crippen molar-refractivity contribution in [1.82, 2.24) is 0 Å². The second kappa shape index (κ2) is 9.28. The molecule has 0 bridgehead atoms. The van der Waals surface area contributed by atoms with Gasteiger partial charge in [0.2, 0.25) is 0 Å². The van der Waals surface area contributed by atoms with Crippen molar-refractivity contribution in [2.75, 3.05) is 28.4 Å². The molecule has 0 amide bonds. The molecule has 0 aromatic heterocycles. The van der Waals surface area contributed by atoms with E-state index >= 15 is 0 Å². The molecule has 156 valence electrons. The van der Waals surface area contributed by atoms with Crippen LogP contribution in [0.25, 0.3) is 6.08 Å². The Hall–Kier alpha value is -3.27. The van der Waals surface area contributed by atoms with Gasteiger partial charge >= 0.3 is 5.69 Å². The number of nitro groups is 1. The lowest BCUT2D eigenvalue weighted by Crippen LogP contribution is -2.02. The predicted octanol–water partition coefficient (Wildman–Crippen LogP) is 3.21. The van der Waals surface area contributed by atoms with Crippen LogP contribution in [-0.4, -0.2) is 41.8 Å². The van der Waals surface area contributed by atoms with E-state index in [0.29, 0.717) is 22.8 Å². The van der Waals surface area contributed by atoms with Crippen molar-refractivity contribution >= 4 is 21.6 Å². The number of nitrogens with zero attached hydrogens (tertiary/aromatic N) is 1. The molecule has 2 aromatic rings. The molecular weight excluding hydrogens is 402 g/mol. The molecule has 10 heteroatoms. The minimum atomic E-state index is -3.75. The third-order valence-corrected chi connectivity index (χ3v) is 5.29. The Morgan fingerprint density at radius 3 is 2.00 bits per heavy atom. The molecule has 0 spiro atoms. The topological polar surface area (TPSA) is 114 Å². The Morgan fingerprint density at radius 1 is 0.931 bits per heavy atom. The number of methoxy groups -OCH3 is 4. The van der Waals surface area contributed by atoms with Gasteiger partial charge in [-0.3, -0.25) is 10.1 Å². The van der Waals surface area contributed by atoms with E-state index in [4.69, 9.17) is 18.9 Å². The van der Waals surface area contributed by atoms with Gasteiger partial charge in [0.05, 0.1) is 44.7 Å². The summed E-state index contributed by atoms with van der Waals surface area (Å²) in [7, 11) is 1.93. The highest BCUT2D eigenvalue weighted by Gasteiger charge is 2.18. The van der Waals surface area contributed by atoms with Crippen molar-refractivity contribution < 1.29 is 32.3 Å². The molecule has 0 saturated heterocycles. The van der Waals surface area contributed by atoms with Gasteiger partial charge in [-0.05, 0) is 17.7 Å². The van der Waals surface area contributed by atoms with Gasteiger partial charge in [-0.15, -0.1) is 0 Å². The fraction of sp³-hybridized carbons (Fsp3) is 0.263. The fourth-order valence-corrected chi connectivity index (χ4v) is 3.70. The maximum absolute atomic E-state index is 12.5.